The van der Waals surface area contributed by atoms with Crippen molar-refractivity contribution in [2.24, 2.45) is 5.41 Å². The normalized spacial score (nSPS) is 22.3. The zero-order valence-electron chi connectivity index (χ0n) is 15.7. The molecule has 1 spiro atoms. The molecule has 1 saturated heterocycles. The molecule has 0 aromatic heterocycles. The summed E-state index contributed by atoms with van der Waals surface area (Å²) in [6, 6.07) is 11.8. The van der Waals surface area contributed by atoms with Gasteiger partial charge in [0.1, 0.15) is 17.5 Å². The highest BCUT2D eigenvalue weighted by Crippen LogP contribution is 2.45. The molecular weight excluding hydrogens is 381 g/mol. The van der Waals surface area contributed by atoms with Gasteiger partial charge in [-0.15, -0.1) is 0 Å². The van der Waals surface area contributed by atoms with Crippen LogP contribution < -0.4 is 0 Å². The number of halogens is 3. The molecule has 1 amide bonds. The third-order valence-electron chi connectivity index (χ3n) is 5.88. The van der Waals surface area contributed by atoms with Crippen LogP contribution in [-0.2, 0) is 0 Å². The van der Waals surface area contributed by atoms with E-state index in [9.17, 15) is 23.1 Å². The third kappa shape index (κ3) is 3.74. The smallest absolute Gasteiger partial charge is 0.407 e. The molecule has 7 heteroatoms. The minimum atomic E-state index is -1.07. The first-order chi connectivity index (χ1) is 13.9. The molecule has 0 aliphatic carbocycles. The Morgan fingerprint density at radius 1 is 0.931 bits per heavy atom. The number of hydrogen-bond donors (Lipinski definition) is 1. The third-order valence-corrected chi connectivity index (χ3v) is 5.88. The zero-order valence-corrected chi connectivity index (χ0v) is 15.7. The molecule has 29 heavy (non-hydrogen) atoms. The molecule has 2 aliphatic rings. The summed E-state index contributed by atoms with van der Waals surface area (Å²) in [4.78, 5) is 14.7. The Labute approximate surface area is 166 Å². The Morgan fingerprint density at radius 3 is 2.00 bits per heavy atom. The van der Waals surface area contributed by atoms with Crippen molar-refractivity contribution >= 4 is 6.09 Å². The van der Waals surface area contributed by atoms with Gasteiger partial charge in [-0.1, -0.05) is 24.3 Å². The van der Waals surface area contributed by atoms with Gasteiger partial charge in [-0.3, -0.25) is 4.90 Å². The molecule has 0 saturated carbocycles. The second-order valence-electron chi connectivity index (χ2n) is 7.72. The first kappa shape index (κ1) is 19.5. The van der Waals surface area contributed by atoms with Crippen LogP contribution in [-0.4, -0.2) is 47.2 Å². The van der Waals surface area contributed by atoms with E-state index in [1.54, 1.807) is 24.3 Å². The lowest BCUT2D eigenvalue weighted by molar-refractivity contribution is 0.111. The Bertz CT molecular complexity index is 885. The number of carbonyl (C=O) groups is 1. The summed E-state index contributed by atoms with van der Waals surface area (Å²) < 4.78 is 41.8. The number of likely N-dealkylation sites (tertiary alicyclic amines) is 1. The molecule has 152 valence electrons. The standard InChI is InChI=1S/C22H21F3N2O2/c23-17-5-1-15(2-6-17)20(16-3-7-18(24)8-4-16)26-12-10-22(13-26)14-27(21(28)29)11-9-19(22)25/h1-9,20H,10-14H2,(H,28,29). The van der Waals surface area contributed by atoms with E-state index in [0.29, 0.717) is 19.5 Å². The number of carboxylic acid groups (broad SMARTS) is 1. The molecule has 1 fully saturated rings. The van der Waals surface area contributed by atoms with Gasteiger partial charge in [-0.25, -0.2) is 18.0 Å². The van der Waals surface area contributed by atoms with Gasteiger partial charge < -0.3 is 10.0 Å². The predicted octanol–water partition coefficient (Wildman–Crippen LogP) is 4.59. The van der Waals surface area contributed by atoms with Gasteiger partial charge in [0, 0.05) is 26.2 Å². The van der Waals surface area contributed by atoms with E-state index >= 15 is 0 Å². The van der Waals surface area contributed by atoms with E-state index in [1.807, 2.05) is 0 Å². The molecule has 0 radical (unpaired) electrons. The molecule has 2 heterocycles. The second kappa shape index (κ2) is 7.55. The molecule has 2 aliphatic heterocycles. The molecular formula is C22H21F3N2O2. The second-order valence-corrected chi connectivity index (χ2v) is 7.72. The summed E-state index contributed by atoms with van der Waals surface area (Å²) in [5.74, 6) is -1.000. The first-order valence-corrected chi connectivity index (χ1v) is 9.47. The van der Waals surface area contributed by atoms with Crippen LogP contribution in [0.2, 0.25) is 0 Å². The van der Waals surface area contributed by atoms with E-state index in [1.165, 1.54) is 35.2 Å². The van der Waals surface area contributed by atoms with Crippen LogP contribution in [0.25, 0.3) is 0 Å². The number of hydrogen-bond acceptors (Lipinski definition) is 2. The highest BCUT2D eigenvalue weighted by Gasteiger charge is 2.47. The lowest BCUT2D eigenvalue weighted by Crippen LogP contribution is -2.46. The summed E-state index contributed by atoms with van der Waals surface area (Å²) in [5.41, 5.74) is 0.727. The van der Waals surface area contributed by atoms with E-state index in [4.69, 9.17) is 0 Å². The number of benzene rings is 2. The van der Waals surface area contributed by atoms with Crippen LogP contribution in [0.15, 0.2) is 60.4 Å². The van der Waals surface area contributed by atoms with E-state index in [0.717, 1.165) is 11.1 Å². The van der Waals surface area contributed by atoms with Gasteiger partial charge in [-0.2, -0.15) is 0 Å². The van der Waals surface area contributed by atoms with Crippen LogP contribution >= 0.6 is 0 Å². The molecule has 4 nitrogen and oxygen atoms in total. The quantitative estimate of drug-likeness (QED) is 0.817. The van der Waals surface area contributed by atoms with Crippen molar-refractivity contribution in [2.45, 2.75) is 12.5 Å². The summed E-state index contributed by atoms with van der Waals surface area (Å²) in [7, 11) is 0. The van der Waals surface area contributed by atoms with Gasteiger partial charge in [0.15, 0.2) is 0 Å². The van der Waals surface area contributed by atoms with Gasteiger partial charge in [-0.05, 0) is 47.9 Å². The van der Waals surface area contributed by atoms with Crippen LogP contribution in [0, 0.1) is 17.0 Å². The molecule has 1 unspecified atom stereocenters. The lowest BCUT2D eigenvalue weighted by Gasteiger charge is -2.37. The Hall–Kier alpha value is -2.80. The minimum absolute atomic E-state index is 0.0439. The summed E-state index contributed by atoms with van der Waals surface area (Å²) in [6.07, 6.45) is 0.740. The number of nitrogens with zero attached hydrogens (tertiary/aromatic N) is 2. The van der Waals surface area contributed by atoms with Gasteiger partial charge >= 0.3 is 6.09 Å². The Balaban J connectivity index is 1.68. The van der Waals surface area contributed by atoms with Gasteiger partial charge in [0.25, 0.3) is 0 Å². The fraction of sp³-hybridized carbons (Fsp3) is 0.318. The highest BCUT2D eigenvalue weighted by atomic mass is 19.1. The minimum Gasteiger partial charge on any atom is -0.465 e. The number of amides is 1. The highest BCUT2D eigenvalue weighted by molar-refractivity contribution is 5.65. The van der Waals surface area contributed by atoms with Gasteiger partial charge in [0.2, 0.25) is 0 Å². The summed E-state index contributed by atoms with van der Waals surface area (Å²) in [5, 5.41) is 9.34. The maximum Gasteiger partial charge on any atom is 0.407 e. The monoisotopic (exact) mass is 402 g/mol. The van der Waals surface area contributed by atoms with E-state index < -0.39 is 11.5 Å². The average Bonchev–Trinajstić information content (AvgIpc) is 3.11. The average molecular weight is 402 g/mol. The van der Waals surface area contributed by atoms with Crippen molar-refractivity contribution in [3.8, 4) is 0 Å². The predicted molar refractivity (Wildman–Crippen MR) is 102 cm³/mol. The van der Waals surface area contributed by atoms with Gasteiger partial charge in [0.05, 0.1) is 11.5 Å². The van der Waals surface area contributed by atoms with Crippen molar-refractivity contribution in [1.29, 1.82) is 0 Å². The maximum absolute atomic E-state index is 14.8. The van der Waals surface area contributed by atoms with Crippen molar-refractivity contribution in [3.05, 3.63) is 83.2 Å². The Morgan fingerprint density at radius 2 is 1.48 bits per heavy atom. The fourth-order valence-corrected chi connectivity index (χ4v) is 4.41. The lowest BCUT2D eigenvalue weighted by atomic mass is 9.82. The molecule has 2 aromatic carbocycles. The van der Waals surface area contributed by atoms with Crippen molar-refractivity contribution in [2.75, 3.05) is 26.2 Å². The molecule has 0 bridgehead atoms. The van der Waals surface area contributed by atoms with E-state index in [-0.39, 0.29) is 36.6 Å². The zero-order chi connectivity index (χ0) is 20.6. The van der Waals surface area contributed by atoms with Crippen LogP contribution in [0.3, 0.4) is 0 Å². The molecule has 1 atom stereocenters. The molecule has 1 N–H and O–H groups in total. The Kier molecular flexibility index (Phi) is 5.08. The largest absolute Gasteiger partial charge is 0.465 e. The summed E-state index contributed by atoms with van der Waals surface area (Å²) >= 11 is 0. The topological polar surface area (TPSA) is 43.8 Å². The maximum atomic E-state index is 14.8. The SMILES string of the molecule is O=C(O)N1CC=C(F)C2(CCN(C(c3ccc(F)cc3)c3ccc(F)cc3)C2)C1. The fourth-order valence-electron chi connectivity index (χ4n) is 4.41. The number of rotatable bonds is 3. The molecule has 2 aromatic rings. The van der Waals surface area contributed by atoms with E-state index in [2.05, 4.69) is 4.90 Å². The van der Waals surface area contributed by atoms with Crippen molar-refractivity contribution in [1.82, 2.24) is 9.80 Å². The van der Waals surface area contributed by atoms with Crippen LogP contribution in [0.1, 0.15) is 23.6 Å². The van der Waals surface area contributed by atoms with Crippen LogP contribution in [0.5, 0.6) is 0 Å². The van der Waals surface area contributed by atoms with Crippen LogP contribution in [0.4, 0.5) is 18.0 Å². The first-order valence-electron chi connectivity index (χ1n) is 9.47. The summed E-state index contributed by atoms with van der Waals surface area (Å²) in [6.45, 7) is 0.996. The van der Waals surface area contributed by atoms with Crippen molar-refractivity contribution in [3.63, 3.8) is 0 Å². The van der Waals surface area contributed by atoms with Crippen molar-refractivity contribution < 1.29 is 23.1 Å². The molecule has 4 rings (SSSR count).